The van der Waals surface area contributed by atoms with Crippen LogP contribution in [0.5, 0.6) is 0 Å². The van der Waals surface area contributed by atoms with Crippen LogP contribution >= 0.6 is 31.9 Å². The van der Waals surface area contributed by atoms with E-state index in [4.69, 9.17) is 0 Å². The standard InChI is InChI=1S/C20H36Br2/c21-19-17-15-13-11-9-7-5-3-1-2-4-6-8-10-12-14-16-18-20-22/h3-20H2. The van der Waals surface area contributed by atoms with Crippen molar-refractivity contribution in [1.29, 1.82) is 0 Å². The zero-order chi connectivity index (χ0) is 16.1. The van der Waals surface area contributed by atoms with Gasteiger partial charge in [0.2, 0.25) is 0 Å². The first-order valence-electron chi connectivity index (χ1n) is 9.49. The summed E-state index contributed by atoms with van der Waals surface area (Å²) in [5.74, 6) is 6.71. The third-order valence-electron chi connectivity index (χ3n) is 4.00. The van der Waals surface area contributed by atoms with Gasteiger partial charge >= 0.3 is 0 Å². The van der Waals surface area contributed by atoms with E-state index in [-0.39, 0.29) is 0 Å². The van der Waals surface area contributed by atoms with Crippen molar-refractivity contribution in [3.63, 3.8) is 0 Å². The third-order valence-corrected chi connectivity index (χ3v) is 5.12. The number of alkyl halides is 2. The van der Waals surface area contributed by atoms with Crippen molar-refractivity contribution in [1.82, 2.24) is 0 Å². The van der Waals surface area contributed by atoms with Gasteiger partial charge in [0.25, 0.3) is 0 Å². The fourth-order valence-corrected chi connectivity index (χ4v) is 3.35. The van der Waals surface area contributed by atoms with Crippen molar-refractivity contribution in [2.75, 3.05) is 10.7 Å². The molecule has 0 saturated carbocycles. The van der Waals surface area contributed by atoms with Gasteiger partial charge in [-0.25, -0.2) is 0 Å². The van der Waals surface area contributed by atoms with Crippen molar-refractivity contribution in [2.45, 2.75) is 103 Å². The zero-order valence-electron chi connectivity index (χ0n) is 14.5. The minimum absolute atomic E-state index is 1.12. The van der Waals surface area contributed by atoms with Crippen molar-refractivity contribution in [2.24, 2.45) is 0 Å². The summed E-state index contributed by atoms with van der Waals surface area (Å²) in [6.07, 6.45) is 21.5. The molecule has 0 rings (SSSR count). The van der Waals surface area contributed by atoms with E-state index in [1.165, 1.54) is 101 Å². The van der Waals surface area contributed by atoms with Gasteiger partial charge in [-0.2, -0.15) is 0 Å². The molecule has 0 heterocycles. The second-order valence-electron chi connectivity index (χ2n) is 6.18. The number of unbranched alkanes of at least 4 members (excludes halogenated alkanes) is 14. The SMILES string of the molecule is BrCCCCCCCCCC#CCCCCCCCCCBr. The van der Waals surface area contributed by atoms with Gasteiger partial charge in [-0.1, -0.05) is 96.1 Å². The molecule has 0 radical (unpaired) electrons. The number of halogens is 2. The van der Waals surface area contributed by atoms with Gasteiger partial charge in [-0.15, -0.1) is 11.8 Å². The summed E-state index contributed by atoms with van der Waals surface area (Å²) in [5.41, 5.74) is 0. The lowest BCUT2D eigenvalue weighted by atomic mass is 10.1. The van der Waals surface area contributed by atoms with Crippen LogP contribution in [0.1, 0.15) is 103 Å². The van der Waals surface area contributed by atoms with E-state index in [0.717, 1.165) is 12.8 Å². The number of hydrogen-bond donors (Lipinski definition) is 0. The maximum absolute atomic E-state index is 3.48. The predicted octanol–water partition coefficient (Wildman–Crippen LogP) is 8.02. The molecule has 0 amide bonds. The molecular formula is C20H36Br2. The summed E-state index contributed by atoms with van der Waals surface area (Å²) in [6, 6.07) is 0. The molecule has 0 nitrogen and oxygen atoms in total. The quantitative estimate of drug-likeness (QED) is 0.131. The molecule has 0 fully saturated rings. The first kappa shape index (κ1) is 22.5. The van der Waals surface area contributed by atoms with Crippen molar-refractivity contribution < 1.29 is 0 Å². The molecule has 0 unspecified atom stereocenters. The van der Waals surface area contributed by atoms with Crippen LogP contribution in [0.3, 0.4) is 0 Å². The van der Waals surface area contributed by atoms with E-state index in [1.54, 1.807) is 0 Å². The fraction of sp³-hybridized carbons (Fsp3) is 0.900. The second kappa shape index (κ2) is 21.5. The minimum atomic E-state index is 1.12. The molecule has 0 atom stereocenters. The summed E-state index contributed by atoms with van der Waals surface area (Å²) in [6.45, 7) is 0. The van der Waals surface area contributed by atoms with E-state index in [9.17, 15) is 0 Å². The Balaban J connectivity index is 3.07. The third kappa shape index (κ3) is 20.5. The van der Waals surface area contributed by atoms with Crippen LogP contribution < -0.4 is 0 Å². The van der Waals surface area contributed by atoms with Crippen LogP contribution in [0.2, 0.25) is 0 Å². The molecule has 0 aliphatic rings. The Morgan fingerprint density at radius 1 is 0.364 bits per heavy atom. The summed E-state index contributed by atoms with van der Waals surface area (Å²) in [5, 5.41) is 2.33. The highest BCUT2D eigenvalue weighted by Gasteiger charge is 1.91. The van der Waals surface area contributed by atoms with Gasteiger partial charge in [0, 0.05) is 23.5 Å². The maximum Gasteiger partial charge on any atom is 0.00886 e. The summed E-state index contributed by atoms with van der Waals surface area (Å²) in [4.78, 5) is 0. The molecule has 0 aromatic rings. The normalized spacial score (nSPS) is 10.5. The largest absolute Gasteiger partial charge is 0.103 e. The Kier molecular flexibility index (Phi) is 22.0. The average Bonchev–Trinajstić information content (AvgIpc) is 2.54. The molecule has 130 valence electrons. The van der Waals surface area contributed by atoms with Gasteiger partial charge in [-0.3, -0.25) is 0 Å². The molecule has 2 heteroatoms. The molecule has 0 aliphatic carbocycles. The van der Waals surface area contributed by atoms with Gasteiger partial charge in [0.1, 0.15) is 0 Å². The number of hydrogen-bond acceptors (Lipinski definition) is 0. The molecular weight excluding hydrogens is 400 g/mol. The Bertz CT molecular complexity index is 228. The van der Waals surface area contributed by atoms with Crippen LogP contribution in [-0.2, 0) is 0 Å². The highest BCUT2D eigenvalue weighted by molar-refractivity contribution is 9.09. The van der Waals surface area contributed by atoms with E-state index in [2.05, 4.69) is 43.7 Å². The highest BCUT2D eigenvalue weighted by atomic mass is 79.9. The van der Waals surface area contributed by atoms with Crippen LogP contribution in [-0.4, -0.2) is 10.7 Å². The van der Waals surface area contributed by atoms with Crippen molar-refractivity contribution in [3.8, 4) is 11.8 Å². The van der Waals surface area contributed by atoms with Gasteiger partial charge in [-0.05, 0) is 25.7 Å². The van der Waals surface area contributed by atoms with Crippen molar-refractivity contribution >= 4 is 31.9 Å². The van der Waals surface area contributed by atoms with Crippen LogP contribution in [0.4, 0.5) is 0 Å². The molecule has 22 heavy (non-hydrogen) atoms. The predicted molar refractivity (Wildman–Crippen MR) is 109 cm³/mol. The van der Waals surface area contributed by atoms with Gasteiger partial charge in [0.05, 0.1) is 0 Å². The Morgan fingerprint density at radius 3 is 0.955 bits per heavy atom. The summed E-state index contributed by atoms with van der Waals surface area (Å²) < 4.78 is 0. The molecule has 0 bridgehead atoms. The topological polar surface area (TPSA) is 0 Å². The first-order chi connectivity index (χ1) is 10.9. The maximum atomic E-state index is 3.48. The summed E-state index contributed by atoms with van der Waals surface area (Å²) >= 11 is 6.97. The fourth-order valence-electron chi connectivity index (χ4n) is 2.56. The average molecular weight is 436 g/mol. The van der Waals surface area contributed by atoms with Crippen LogP contribution in [0, 0.1) is 11.8 Å². The van der Waals surface area contributed by atoms with Crippen molar-refractivity contribution in [3.05, 3.63) is 0 Å². The van der Waals surface area contributed by atoms with E-state index in [0.29, 0.717) is 0 Å². The lowest BCUT2D eigenvalue weighted by Crippen LogP contribution is -1.81. The smallest absolute Gasteiger partial charge is 0.00886 e. The Labute approximate surface area is 156 Å². The minimum Gasteiger partial charge on any atom is -0.103 e. The molecule has 0 saturated heterocycles. The lowest BCUT2D eigenvalue weighted by molar-refractivity contribution is 0.594. The van der Waals surface area contributed by atoms with E-state index in [1.807, 2.05) is 0 Å². The number of rotatable bonds is 16. The molecule has 0 aromatic heterocycles. The highest BCUT2D eigenvalue weighted by Crippen LogP contribution is 2.10. The monoisotopic (exact) mass is 434 g/mol. The molecule has 0 aromatic carbocycles. The first-order valence-corrected chi connectivity index (χ1v) is 11.7. The van der Waals surface area contributed by atoms with Gasteiger partial charge < -0.3 is 0 Å². The Morgan fingerprint density at radius 2 is 0.636 bits per heavy atom. The Hall–Kier alpha value is 0.520. The van der Waals surface area contributed by atoms with Crippen LogP contribution in [0.25, 0.3) is 0 Å². The van der Waals surface area contributed by atoms with E-state index >= 15 is 0 Å². The molecule has 0 spiro atoms. The molecule has 0 aliphatic heterocycles. The van der Waals surface area contributed by atoms with Crippen LogP contribution in [0.15, 0.2) is 0 Å². The van der Waals surface area contributed by atoms with Gasteiger partial charge in [0.15, 0.2) is 0 Å². The lowest BCUT2D eigenvalue weighted by Gasteiger charge is -1.99. The van der Waals surface area contributed by atoms with E-state index < -0.39 is 0 Å². The zero-order valence-corrected chi connectivity index (χ0v) is 17.7. The second-order valence-corrected chi connectivity index (χ2v) is 7.77. The molecule has 0 N–H and O–H groups in total. The summed E-state index contributed by atoms with van der Waals surface area (Å²) in [7, 11) is 0.